The molecule has 0 radical (unpaired) electrons. The summed E-state index contributed by atoms with van der Waals surface area (Å²) in [6.07, 6.45) is 3.96. The molecule has 2 heterocycles. The van der Waals surface area contributed by atoms with Crippen molar-refractivity contribution in [2.24, 2.45) is 0 Å². The van der Waals surface area contributed by atoms with Crippen LogP contribution in [-0.4, -0.2) is 50.5 Å². The smallest absolute Gasteiger partial charge is 0.252 e. The number of alkyl halides is 2. The molecule has 1 atom stereocenters. The van der Waals surface area contributed by atoms with Crippen molar-refractivity contribution < 1.29 is 26.8 Å². The molecule has 1 saturated carbocycles. The third kappa shape index (κ3) is 7.78. The number of halogens is 3. The van der Waals surface area contributed by atoms with Crippen LogP contribution < -0.4 is 15.1 Å². The Kier molecular flexibility index (Phi) is 10.0. The molecule has 13 heteroatoms. The summed E-state index contributed by atoms with van der Waals surface area (Å²) in [7, 11) is -3.50. The first-order valence-corrected chi connectivity index (χ1v) is 15.9. The summed E-state index contributed by atoms with van der Waals surface area (Å²) in [5, 5.41) is 12.0. The predicted molar refractivity (Wildman–Crippen MR) is 163 cm³/mol. The standard InChI is InChI=1S/C21H21ClF2N2O3S.C10H9N3O/c1-14(25-15-11-21(23,24)12-15)20(18-8-3-4-9-19(18)22)26(13-27)16-6-5-7-17(10-16)30(2,28)29;11-7-8-3-4-12-9(6-8)13-5-1-2-10(13)14/h3-10,13,15,20,25H,1,11-12H2,2H3;3-4,6H,1-2,5H2. The topological polar surface area (TPSA) is 123 Å². The van der Waals surface area contributed by atoms with E-state index in [4.69, 9.17) is 16.9 Å². The Bertz CT molecular complexity index is 1700. The number of pyridine rings is 1. The molecule has 0 bridgehead atoms. The number of aromatic nitrogens is 1. The number of sulfone groups is 1. The third-order valence-corrected chi connectivity index (χ3v) is 8.62. The monoisotopic (exact) mass is 641 g/mol. The van der Waals surface area contributed by atoms with Crippen LogP contribution >= 0.6 is 11.6 Å². The second-order valence-corrected chi connectivity index (χ2v) is 12.9. The molecule has 2 amide bonds. The predicted octanol–water partition coefficient (Wildman–Crippen LogP) is 5.43. The largest absolute Gasteiger partial charge is 0.384 e. The van der Waals surface area contributed by atoms with Gasteiger partial charge >= 0.3 is 0 Å². The molecule has 5 rings (SSSR count). The highest BCUT2D eigenvalue weighted by atomic mass is 35.5. The zero-order valence-electron chi connectivity index (χ0n) is 23.8. The molecule has 1 saturated heterocycles. The molecule has 2 fully saturated rings. The number of carbonyl (C=O) groups excluding carboxylic acids is 2. The molecule has 44 heavy (non-hydrogen) atoms. The van der Waals surface area contributed by atoms with E-state index in [1.807, 2.05) is 6.07 Å². The molecule has 9 nitrogen and oxygen atoms in total. The number of nitrogens with zero attached hydrogens (tertiary/aromatic N) is 4. The van der Waals surface area contributed by atoms with Gasteiger partial charge < -0.3 is 10.2 Å². The number of amides is 2. The molecule has 0 spiro atoms. The summed E-state index contributed by atoms with van der Waals surface area (Å²) < 4.78 is 50.4. The highest BCUT2D eigenvalue weighted by Crippen LogP contribution is 2.40. The summed E-state index contributed by atoms with van der Waals surface area (Å²) in [6.45, 7) is 4.68. The van der Waals surface area contributed by atoms with E-state index in [2.05, 4.69) is 16.9 Å². The molecule has 2 aromatic carbocycles. The second-order valence-electron chi connectivity index (χ2n) is 10.5. The summed E-state index contributed by atoms with van der Waals surface area (Å²) in [5.41, 5.74) is 1.68. The van der Waals surface area contributed by atoms with Crippen molar-refractivity contribution in [2.45, 2.75) is 48.6 Å². The van der Waals surface area contributed by atoms with Crippen molar-refractivity contribution in [3.05, 3.63) is 95.3 Å². The van der Waals surface area contributed by atoms with Crippen LogP contribution in [0, 0.1) is 11.3 Å². The van der Waals surface area contributed by atoms with E-state index < -0.39 is 27.8 Å². The molecular formula is C31H30ClF2N5O4S. The highest BCUT2D eigenvalue weighted by Gasteiger charge is 2.46. The fourth-order valence-electron chi connectivity index (χ4n) is 4.98. The first kappa shape index (κ1) is 32.6. The van der Waals surface area contributed by atoms with Crippen molar-refractivity contribution in [1.82, 2.24) is 10.3 Å². The fourth-order valence-corrected chi connectivity index (χ4v) is 5.88. The van der Waals surface area contributed by atoms with Gasteiger partial charge in [0.2, 0.25) is 12.3 Å². The molecule has 1 aliphatic carbocycles. The lowest BCUT2D eigenvalue weighted by atomic mass is 9.87. The minimum Gasteiger partial charge on any atom is -0.384 e. The summed E-state index contributed by atoms with van der Waals surface area (Å²) in [5.74, 6) is -2.04. The van der Waals surface area contributed by atoms with Crippen LogP contribution in [-0.2, 0) is 19.4 Å². The van der Waals surface area contributed by atoms with Gasteiger partial charge in [0.25, 0.3) is 5.92 Å². The average Bonchev–Trinajstić information content (AvgIpc) is 3.41. The minimum atomic E-state index is -3.50. The first-order valence-electron chi connectivity index (χ1n) is 13.6. The summed E-state index contributed by atoms with van der Waals surface area (Å²) in [6, 6.07) is 16.7. The van der Waals surface area contributed by atoms with E-state index in [0.29, 0.717) is 52.7 Å². The molecule has 230 valence electrons. The van der Waals surface area contributed by atoms with Crippen molar-refractivity contribution >= 4 is 45.3 Å². The average molecular weight is 642 g/mol. The molecule has 1 aliphatic heterocycles. The zero-order chi connectivity index (χ0) is 32.1. The number of hydrogen-bond donors (Lipinski definition) is 1. The zero-order valence-corrected chi connectivity index (χ0v) is 25.4. The lowest BCUT2D eigenvalue weighted by Crippen LogP contribution is -2.49. The first-order chi connectivity index (χ1) is 20.8. The minimum absolute atomic E-state index is 0.0435. The number of anilines is 2. The van der Waals surface area contributed by atoms with E-state index in [0.717, 1.165) is 12.7 Å². The second kappa shape index (κ2) is 13.5. The van der Waals surface area contributed by atoms with Gasteiger partial charge in [-0.3, -0.25) is 14.5 Å². The Labute approximate surface area is 259 Å². The summed E-state index contributed by atoms with van der Waals surface area (Å²) in [4.78, 5) is 30.5. The quantitative estimate of drug-likeness (QED) is 0.309. The molecule has 2 aliphatic rings. The highest BCUT2D eigenvalue weighted by molar-refractivity contribution is 7.90. The maximum absolute atomic E-state index is 13.3. The molecule has 1 aromatic heterocycles. The van der Waals surface area contributed by atoms with Crippen LogP contribution in [0.3, 0.4) is 0 Å². The maximum Gasteiger partial charge on any atom is 0.252 e. The van der Waals surface area contributed by atoms with Crippen LogP contribution in [0.1, 0.15) is 42.9 Å². The van der Waals surface area contributed by atoms with Gasteiger partial charge in [-0.2, -0.15) is 5.26 Å². The van der Waals surface area contributed by atoms with Crippen LogP contribution in [0.15, 0.2) is 84.0 Å². The van der Waals surface area contributed by atoms with Crippen molar-refractivity contribution in [2.75, 3.05) is 22.6 Å². The van der Waals surface area contributed by atoms with Crippen LogP contribution in [0.5, 0.6) is 0 Å². The third-order valence-electron chi connectivity index (χ3n) is 7.17. The number of benzene rings is 2. The number of nitrogens with one attached hydrogen (secondary N) is 1. The van der Waals surface area contributed by atoms with E-state index in [-0.39, 0.29) is 23.6 Å². The number of hydrogen-bond acceptors (Lipinski definition) is 7. The number of rotatable bonds is 9. The Morgan fingerprint density at radius 3 is 2.55 bits per heavy atom. The van der Waals surface area contributed by atoms with Gasteiger partial charge in [0.05, 0.1) is 16.5 Å². The van der Waals surface area contributed by atoms with Gasteiger partial charge in [-0.05, 0) is 48.4 Å². The number of carbonyl (C=O) groups is 2. The van der Waals surface area contributed by atoms with Gasteiger partial charge in [-0.1, -0.05) is 42.4 Å². The van der Waals surface area contributed by atoms with E-state index >= 15 is 0 Å². The lowest BCUT2D eigenvalue weighted by molar-refractivity contribution is -0.117. The summed E-state index contributed by atoms with van der Waals surface area (Å²) >= 11 is 6.36. The molecule has 3 aromatic rings. The van der Waals surface area contributed by atoms with Crippen molar-refractivity contribution in [3.8, 4) is 6.07 Å². The van der Waals surface area contributed by atoms with Gasteiger partial charge in [0, 0.05) is 60.7 Å². The van der Waals surface area contributed by atoms with Crippen LogP contribution in [0.2, 0.25) is 5.02 Å². The Hall–Kier alpha value is -4.34. The maximum atomic E-state index is 13.3. The fraction of sp³-hybridized carbons (Fsp3) is 0.290. The van der Waals surface area contributed by atoms with Gasteiger partial charge in [-0.25, -0.2) is 22.2 Å². The molecular weight excluding hydrogens is 612 g/mol. The van der Waals surface area contributed by atoms with Crippen molar-refractivity contribution in [3.63, 3.8) is 0 Å². The lowest BCUT2D eigenvalue weighted by Gasteiger charge is -2.39. The normalized spacial score (nSPS) is 16.5. The number of nitriles is 1. The Balaban J connectivity index is 0.000000262. The Morgan fingerprint density at radius 1 is 1.23 bits per heavy atom. The van der Waals surface area contributed by atoms with Gasteiger partial charge in [0.15, 0.2) is 9.84 Å². The SMILES string of the molecule is C=C(NC1CC(F)(F)C1)C(c1ccccc1Cl)N(C=O)c1cccc(S(C)(=O)=O)c1.N#Cc1ccnc(N2CCCC2=O)c1. The molecule has 1 unspecified atom stereocenters. The van der Waals surface area contributed by atoms with E-state index in [9.17, 15) is 26.8 Å². The van der Waals surface area contributed by atoms with E-state index in [1.165, 1.54) is 23.1 Å². The van der Waals surface area contributed by atoms with Crippen LogP contribution in [0.25, 0.3) is 0 Å². The Morgan fingerprint density at radius 2 is 1.95 bits per heavy atom. The van der Waals surface area contributed by atoms with Gasteiger partial charge in [-0.15, -0.1) is 0 Å². The van der Waals surface area contributed by atoms with E-state index in [1.54, 1.807) is 53.6 Å². The van der Waals surface area contributed by atoms with Crippen LogP contribution in [0.4, 0.5) is 20.3 Å². The van der Waals surface area contributed by atoms with Crippen molar-refractivity contribution in [1.29, 1.82) is 5.26 Å². The van der Waals surface area contributed by atoms with Gasteiger partial charge in [0.1, 0.15) is 11.9 Å². The molecule has 1 N–H and O–H groups in total.